The minimum absolute atomic E-state index is 0.0608. The molecule has 0 radical (unpaired) electrons. The summed E-state index contributed by atoms with van der Waals surface area (Å²) in [5.74, 6) is 1.33. The minimum Gasteiger partial charge on any atom is -0.365 e. The van der Waals surface area contributed by atoms with Crippen molar-refractivity contribution in [3.63, 3.8) is 0 Å². The number of benzene rings is 2. The quantitative estimate of drug-likeness (QED) is 0.469. The molecule has 2 heterocycles. The summed E-state index contributed by atoms with van der Waals surface area (Å²) < 4.78 is 1.69. The number of hydrogen-bond acceptors (Lipinski definition) is 5. The molecule has 0 aliphatic heterocycles. The second-order valence-corrected chi connectivity index (χ2v) is 7.04. The largest absolute Gasteiger partial charge is 0.365 e. The van der Waals surface area contributed by atoms with E-state index in [0.29, 0.717) is 30.9 Å². The van der Waals surface area contributed by atoms with Gasteiger partial charge in [-0.2, -0.15) is 4.52 Å². The van der Waals surface area contributed by atoms with E-state index in [0.717, 1.165) is 17.9 Å². The predicted molar refractivity (Wildman–Crippen MR) is 117 cm³/mol. The van der Waals surface area contributed by atoms with E-state index in [1.54, 1.807) is 4.52 Å². The molecular weight excluding hydrogens is 376 g/mol. The van der Waals surface area contributed by atoms with E-state index in [2.05, 4.69) is 45.0 Å². The molecule has 2 aromatic heterocycles. The number of anilines is 2. The average molecular weight is 400 g/mol. The first-order chi connectivity index (χ1) is 14.7. The van der Waals surface area contributed by atoms with Crippen molar-refractivity contribution in [1.29, 1.82) is 0 Å². The third kappa shape index (κ3) is 4.81. The number of nitrogens with one attached hydrogen (secondary N) is 2. The van der Waals surface area contributed by atoms with Crippen LogP contribution in [0.2, 0.25) is 0 Å². The van der Waals surface area contributed by atoms with E-state index >= 15 is 0 Å². The van der Waals surface area contributed by atoms with Gasteiger partial charge in [-0.15, -0.1) is 15.3 Å². The first-order valence-electron chi connectivity index (χ1n) is 10.1. The molecule has 1 amide bonds. The van der Waals surface area contributed by atoms with E-state index in [1.807, 2.05) is 54.6 Å². The van der Waals surface area contributed by atoms with Gasteiger partial charge in [0.1, 0.15) is 5.82 Å². The van der Waals surface area contributed by atoms with Crippen LogP contribution in [-0.4, -0.2) is 25.7 Å². The highest BCUT2D eigenvalue weighted by Crippen LogP contribution is 2.12. The average Bonchev–Trinajstić information content (AvgIpc) is 3.20. The molecule has 4 aromatic rings. The maximum absolute atomic E-state index is 12.3. The summed E-state index contributed by atoms with van der Waals surface area (Å²) in [6.07, 6.45) is 1.73. The zero-order valence-corrected chi connectivity index (χ0v) is 16.9. The number of hydrogen-bond donors (Lipinski definition) is 2. The van der Waals surface area contributed by atoms with Crippen LogP contribution in [0.25, 0.3) is 5.65 Å². The zero-order chi connectivity index (χ0) is 20.8. The lowest BCUT2D eigenvalue weighted by Gasteiger charge is -2.07. The summed E-state index contributed by atoms with van der Waals surface area (Å²) in [6, 6.07) is 21.8. The second kappa shape index (κ2) is 9.17. The van der Waals surface area contributed by atoms with Crippen LogP contribution < -0.4 is 10.6 Å². The molecule has 0 aliphatic carbocycles. The molecule has 2 aromatic carbocycles. The smallest absolute Gasteiger partial charge is 0.224 e. The Labute approximate surface area is 175 Å². The van der Waals surface area contributed by atoms with Gasteiger partial charge in [-0.1, -0.05) is 49.4 Å². The molecule has 30 heavy (non-hydrogen) atoms. The molecule has 7 nitrogen and oxygen atoms in total. The number of fused-ring (bicyclic) bond motifs is 1. The van der Waals surface area contributed by atoms with Gasteiger partial charge in [-0.3, -0.25) is 4.79 Å². The number of rotatable bonds is 8. The number of nitrogens with zero attached hydrogens (tertiary/aromatic N) is 4. The summed E-state index contributed by atoms with van der Waals surface area (Å²) in [5, 5.41) is 19.2. The van der Waals surface area contributed by atoms with E-state index in [4.69, 9.17) is 0 Å². The van der Waals surface area contributed by atoms with E-state index in [1.165, 1.54) is 11.1 Å². The monoisotopic (exact) mass is 400 g/mol. The van der Waals surface area contributed by atoms with Crippen LogP contribution in [0.5, 0.6) is 0 Å². The molecule has 152 valence electrons. The Morgan fingerprint density at radius 3 is 2.50 bits per heavy atom. The number of aromatic nitrogens is 4. The third-order valence-corrected chi connectivity index (χ3v) is 4.87. The molecule has 7 heteroatoms. The summed E-state index contributed by atoms with van der Waals surface area (Å²) in [7, 11) is 0. The Morgan fingerprint density at radius 1 is 0.933 bits per heavy atom. The van der Waals surface area contributed by atoms with E-state index in [9.17, 15) is 4.79 Å². The lowest BCUT2D eigenvalue weighted by atomic mass is 10.1. The third-order valence-electron chi connectivity index (χ3n) is 4.87. The first-order valence-corrected chi connectivity index (χ1v) is 10.1. The maximum Gasteiger partial charge on any atom is 0.224 e. The van der Waals surface area contributed by atoms with Crippen LogP contribution in [-0.2, 0) is 24.2 Å². The standard InChI is InChI=1S/C23H24N6O/c1-2-17-8-10-19(11-9-17)25-23(30)15-14-22-27-26-21-13-12-20(28-29(21)22)24-16-18-6-4-3-5-7-18/h3-13H,2,14-16H2,1H3,(H,24,28)(H,25,30). The van der Waals surface area contributed by atoms with Crippen molar-refractivity contribution in [2.24, 2.45) is 0 Å². The van der Waals surface area contributed by atoms with Gasteiger partial charge in [0.05, 0.1) is 0 Å². The molecule has 0 saturated heterocycles. The second-order valence-electron chi connectivity index (χ2n) is 7.04. The summed E-state index contributed by atoms with van der Waals surface area (Å²) in [5.41, 5.74) is 3.87. The van der Waals surface area contributed by atoms with Gasteiger partial charge in [0, 0.05) is 25.1 Å². The molecule has 2 N–H and O–H groups in total. The Bertz CT molecular complexity index is 1120. The number of carbonyl (C=O) groups excluding carboxylic acids is 1. The SMILES string of the molecule is CCc1ccc(NC(=O)CCc2nnc3ccc(NCc4ccccc4)nn23)cc1. The van der Waals surface area contributed by atoms with Crippen LogP contribution in [0.4, 0.5) is 11.5 Å². The molecule has 0 atom stereocenters. The Balaban J connectivity index is 1.37. The van der Waals surface area contributed by atoms with Gasteiger partial charge in [0.15, 0.2) is 11.5 Å². The summed E-state index contributed by atoms with van der Waals surface area (Å²) in [6.45, 7) is 2.78. The predicted octanol–water partition coefficient (Wildman–Crippen LogP) is 3.87. The fourth-order valence-electron chi connectivity index (χ4n) is 3.14. The lowest BCUT2D eigenvalue weighted by Crippen LogP contribution is -2.13. The highest BCUT2D eigenvalue weighted by atomic mass is 16.1. The molecule has 0 saturated carbocycles. The van der Waals surface area contributed by atoms with Gasteiger partial charge in [-0.25, -0.2) is 0 Å². The highest BCUT2D eigenvalue weighted by molar-refractivity contribution is 5.90. The first kappa shape index (κ1) is 19.6. The van der Waals surface area contributed by atoms with Crippen molar-refractivity contribution in [3.8, 4) is 0 Å². The van der Waals surface area contributed by atoms with Crippen molar-refractivity contribution in [1.82, 2.24) is 19.8 Å². The molecular formula is C23H24N6O. The lowest BCUT2D eigenvalue weighted by molar-refractivity contribution is -0.116. The molecule has 0 bridgehead atoms. The van der Waals surface area contributed by atoms with Crippen molar-refractivity contribution in [2.45, 2.75) is 32.7 Å². The minimum atomic E-state index is -0.0608. The number of amides is 1. The van der Waals surface area contributed by atoms with Gasteiger partial charge < -0.3 is 10.6 Å². The normalized spacial score (nSPS) is 10.8. The highest BCUT2D eigenvalue weighted by Gasteiger charge is 2.11. The van der Waals surface area contributed by atoms with Crippen molar-refractivity contribution >= 4 is 23.1 Å². The van der Waals surface area contributed by atoms with Crippen molar-refractivity contribution < 1.29 is 4.79 Å². The molecule has 0 unspecified atom stereocenters. The van der Waals surface area contributed by atoms with Crippen molar-refractivity contribution in [2.75, 3.05) is 10.6 Å². The van der Waals surface area contributed by atoms with Gasteiger partial charge in [-0.05, 0) is 41.8 Å². The van der Waals surface area contributed by atoms with Crippen molar-refractivity contribution in [3.05, 3.63) is 83.7 Å². The van der Waals surface area contributed by atoms with Gasteiger partial charge in [0.25, 0.3) is 0 Å². The topological polar surface area (TPSA) is 84.2 Å². The van der Waals surface area contributed by atoms with Gasteiger partial charge >= 0.3 is 0 Å². The Kier molecular flexibility index (Phi) is 5.98. The van der Waals surface area contributed by atoms with Crippen LogP contribution in [0.15, 0.2) is 66.7 Å². The van der Waals surface area contributed by atoms with Crippen LogP contribution >= 0.6 is 0 Å². The molecule has 0 fully saturated rings. The molecule has 4 rings (SSSR count). The summed E-state index contributed by atoms with van der Waals surface area (Å²) in [4.78, 5) is 12.3. The van der Waals surface area contributed by atoms with E-state index < -0.39 is 0 Å². The van der Waals surface area contributed by atoms with Crippen LogP contribution in [0, 0.1) is 0 Å². The fourth-order valence-corrected chi connectivity index (χ4v) is 3.14. The number of carbonyl (C=O) groups is 1. The fraction of sp³-hybridized carbons (Fsp3) is 0.217. The molecule has 0 aliphatic rings. The summed E-state index contributed by atoms with van der Waals surface area (Å²) >= 11 is 0. The maximum atomic E-state index is 12.3. The Morgan fingerprint density at radius 2 is 1.73 bits per heavy atom. The van der Waals surface area contributed by atoms with Crippen LogP contribution in [0.3, 0.4) is 0 Å². The van der Waals surface area contributed by atoms with Crippen LogP contribution in [0.1, 0.15) is 30.3 Å². The Hall–Kier alpha value is -3.74. The number of aryl methyl sites for hydroxylation is 2. The zero-order valence-electron chi connectivity index (χ0n) is 16.9. The molecule has 0 spiro atoms. The van der Waals surface area contributed by atoms with E-state index in [-0.39, 0.29) is 5.91 Å². The van der Waals surface area contributed by atoms with Gasteiger partial charge in [0.2, 0.25) is 5.91 Å².